The van der Waals surface area contributed by atoms with Crippen molar-refractivity contribution in [3.63, 3.8) is 0 Å². The lowest BCUT2D eigenvalue weighted by Crippen LogP contribution is -2.52. The third-order valence-electron chi connectivity index (χ3n) is 25.0. The van der Waals surface area contributed by atoms with Gasteiger partial charge in [0.05, 0.1) is 0 Å². The molecule has 14 fully saturated rings. The van der Waals surface area contributed by atoms with Crippen LogP contribution < -0.4 is 0 Å². The minimum Gasteiger partial charge on any atom is -0.299 e. The van der Waals surface area contributed by atoms with Gasteiger partial charge in [0.1, 0.15) is 23.1 Å². The van der Waals surface area contributed by atoms with Gasteiger partial charge in [-0.25, -0.2) is 0 Å². The normalized spacial score (nSPS) is 59.7. The van der Waals surface area contributed by atoms with E-state index >= 15 is 0 Å². The van der Waals surface area contributed by atoms with E-state index in [0.29, 0.717) is 136 Å². The molecule has 0 radical (unpaired) electrons. The van der Waals surface area contributed by atoms with Crippen LogP contribution in [0, 0.1) is 154 Å². The second-order valence-corrected chi connectivity index (χ2v) is 26.1. The van der Waals surface area contributed by atoms with Crippen molar-refractivity contribution in [3.05, 3.63) is 0 Å². The molecular weight excluding hydrogens is 737 g/mol. The average Bonchev–Trinajstić information content (AvgIpc) is 3.95. The molecule has 0 bridgehead atoms. The smallest absolute Gasteiger partial charge is 0.139 e. The van der Waals surface area contributed by atoms with Crippen molar-refractivity contribution in [2.45, 2.75) is 167 Å². The van der Waals surface area contributed by atoms with Crippen molar-refractivity contribution in [1.29, 1.82) is 0 Å². The highest BCUT2D eigenvalue weighted by Gasteiger charge is 2.66. The van der Waals surface area contributed by atoms with Crippen molar-refractivity contribution >= 4 is 23.1 Å². The molecule has 0 aliphatic heterocycles. The highest BCUT2D eigenvalue weighted by Crippen LogP contribution is 2.69. The fourth-order valence-corrected chi connectivity index (χ4v) is 23.3. The summed E-state index contributed by atoms with van der Waals surface area (Å²) in [5.41, 5.74) is 0. The van der Waals surface area contributed by atoms with E-state index in [4.69, 9.17) is 0 Å². The summed E-state index contributed by atoms with van der Waals surface area (Å²) in [4.78, 5) is 57.6. The predicted octanol–water partition coefficient (Wildman–Crippen LogP) is 11.6. The molecule has 326 valence electrons. The van der Waals surface area contributed by atoms with Crippen LogP contribution >= 0.6 is 0 Å². The fraction of sp³-hybridized carbons (Fsp3) is 0.929. The Bertz CT molecular complexity index is 1800. The molecule has 0 saturated heterocycles. The molecule has 14 aliphatic carbocycles. The van der Waals surface area contributed by atoms with E-state index in [2.05, 4.69) is 0 Å². The third kappa shape index (κ3) is 5.27. The number of fused-ring (bicyclic) bond motifs is 19. The predicted molar refractivity (Wildman–Crippen MR) is 231 cm³/mol. The Morgan fingerprint density at radius 2 is 0.700 bits per heavy atom. The molecule has 26 atom stereocenters. The van der Waals surface area contributed by atoms with Crippen molar-refractivity contribution in [2.75, 3.05) is 0 Å². The molecule has 0 aromatic heterocycles. The zero-order valence-corrected chi connectivity index (χ0v) is 37.0. The monoisotopic (exact) mass is 815 g/mol. The number of hydrogen-bond donors (Lipinski definition) is 0. The third-order valence-corrected chi connectivity index (χ3v) is 25.0. The van der Waals surface area contributed by atoms with Crippen LogP contribution in [0.3, 0.4) is 0 Å². The summed E-state index contributed by atoms with van der Waals surface area (Å²) in [6.07, 6.45) is 33.1. The summed E-state index contributed by atoms with van der Waals surface area (Å²) >= 11 is 0. The first-order valence-corrected chi connectivity index (χ1v) is 27.6. The Morgan fingerprint density at radius 1 is 0.233 bits per heavy atom. The van der Waals surface area contributed by atoms with Gasteiger partial charge in [0.2, 0.25) is 0 Å². The second-order valence-electron chi connectivity index (χ2n) is 26.1. The lowest BCUT2D eigenvalue weighted by Gasteiger charge is -2.57. The van der Waals surface area contributed by atoms with Crippen LogP contribution in [-0.4, -0.2) is 23.1 Å². The van der Waals surface area contributed by atoms with E-state index < -0.39 is 0 Å². The van der Waals surface area contributed by atoms with E-state index in [1.807, 2.05) is 0 Å². The molecule has 60 heavy (non-hydrogen) atoms. The van der Waals surface area contributed by atoms with Crippen LogP contribution in [0.4, 0.5) is 0 Å². The van der Waals surface area contributed by atoms with Gasteiger partial charge >= 0.3 is 0 Å². The lowest BCUT2D eigenvalue weighted by atomic mass is 9.47. The molecule has 0 heterocycles. The fourth-order valence-electron chi connectivity index (χ4n) is 23.3. The number of Topliss-reactive ketones (excluding diaryl/α,β-unsaturated/α-hetero) is 4. The number of ketones is 4. The molecule has 26 unspecified atom stereocenters. The molecule has 4 nitrogen and oxygen atoms in total. The summed E-state index contributed by atoms with van der Waals surface area (Å²) < 4.78 is 0. The SMILES string of the molecule is O=C1C2CCCCC2C2CC3CC4C(CCC5C(=O)C6CCC(C7CC8C9CCCCC9C(=O)C8C8CC9C(CCC%10C%11CCCCC%11C(=O)C9%10)CC78)CC6C54)CC3CC12. The summed E-state index contributed by atoms with van der Waals surface area (Å²) in [7, 11) is 0. The molecule has 0 N–H and O–H groups in total. The molecule has 0 amide bonds. The Morgan fingerprint density at radius 3 is 1.45 bits per heavy atom. The number of carbonyl (C=O) groups is 4. The largest absolute Gasteiger partial charge is 0.299 e. The topological polar surface area (TPSA) is 68.3 Å². The van der Waals surface area contributed by atoms with E-state index in [9.17, 15) is 19.2 Å². The Hall–Kier alpha value is -1.32. The standard InChI is InChI=1S/C56H78O4/c57-53-39-17-14-28(21-46(39)50-40(53)18-15-27-19-30-24-49-44(23-31(30)22-42(27)50)33-8-2-4-10-36(33)54(49)58)41-25-47-34-9-3-6-12-38(34)56(60)52(47)48-26-43-29(20-45(41)48)13-16-35-32-7-1-5-11-37(32)55(59)51(35)43/h27-52H,1-26H2. The van der Waals surface area contributed by atoms with Gasteiger partial charge in [-0.15, -0.1) is 0 Å². The summed E-state index contributed by atoms with van der Waals surface area (Å²) in [5, 5.41) is 0. The van der Waals surface area contributed by atoms with E-state index in [-0.39, 0.29) is 5.92 Å². The average molecular weight is 815 g/mol. The van der Waals surface area contributed by atoms with Crippen molar-refractivity contribution in [3.8, 4) is 0 Å². The second kappa shape index (κ2) is 14.1. The zero-order chi connectivity index (χ0) is 39.7. The Balaban J connectivity index is 0.753. The maximum atomic E-state index is 14.8. The molecule has 14 aliphatic rings. The van der Waals surface area contributed by atoms with Crippen LogP contribution in [0.25, 0.3) is 0 Å². The molecule has 0 spiro atoms. The number of hydrogen-bond acceptors (Lipinski definition) is 4. The van der Waals surface area contributed by atoms with Gasteiger partial charge in [-0.2, -0.15) is 0 Å². The molecule has 14 rings (SSSR count). The van der Waals surface area contributed by atoms with Gasteiger partial charge in [-0.3, -0.25) is 19.2 Å². The zero-order valence-electron chi connectivity index (χ0n) is 37.0. The summed E-state index contributed by atoms with van der Waals surface area (Å²) in [6.45, 7) is 0. The first-order chi connectivity index (χ1) is 29.4. The van der Waals surface area contributed by atoms with Crippen LogP contribution in [0.15, 0.2) is 0 Å². The maximum Gasteiger partial charge on any atom is 0.139 e. The quantitative estimate of drug-likeness (QED) is 0.264. The van der Waals surface area contributed by atoms with E-state index in [0.717, 1.165) is 61.2 Å². The summed E-state index contributed by atoms with van der Waals surface area (Å²) in [5.74, 6) is 17.7. The van der Waals surface area contributed by atoms with Crippen LogP contribution in [0.2, 0.25) is 0 Å². The van der Waals surface area contributed by atoms with Gasteiger partial charge in [-0.1, -0.05) is 38.5 Å². The van der Waals surface area contributed by atoms with E-state index in [1.54, 1.807) is 0 Å². The Labute approximate surface area is 361 Å². The van der Waals surface area contributed by atoms with Crippen LogP contribution in [-0.2, 0) is 19.2 Å². The molecule has 0 aromatic rings. The van der Waals surface area contributed by atoms with Crippen LogP contribution in [0.5, 0.6) is 0 Å². The van der Waals surface area contributed by atoms with Crippen molar-refractivity contribution < 1.29 is 19.2 Å². The summed E-state index contributed by atoms with van der Waals surface area (Å²) in [6, 6.07) is 0. The maximum absolute atomic E-state index is 14.8. The molecule has 14 saturated carbocycles. The van der Waals surface area contributed by atoms with Gasteiger partial charge in [0, 0.05) is 47.3 Å². The highest BCUT2D eigenvalue weighted by atomic mass is 16.1. The van der Waals surface area contributed by atoms with Crippen molar-refractivity contribution in [1.82, 2.24) is 0 Å². The number of rotatable bonds is 1. The first-order valence-electron chi connectivity index (χ1n) is 27.6. The highest BCUT2D eigenvalue weighted by molar-refractivity contribution is 5.89. The van der Waals surface area contributed by atoms with Crippen LogP contribution in [0.1, 0.15) is 167 Å². The van der Waals surface area contributed by atoms with Gasteiger partial charge in [0.25, 0.3) is 0 Å². The van der Waals surface area contributed by atoms with Crippen molar-refractivity contribution in [2.24, 2.45) is 154 Å². The van der Waals surface area contributed by atoms with Gasteiger partial charge in [-0.05, 0) is 235 Å². The minimum atomic E-state index is 0.289. The van der Waals surface area contributed by atoms with Gasteiger partial charge in [0.15, 0.2) is 0 Å². The number of carbonyl (C=O) groups excluding carboxylic acids is 4. The molecular formula is C56H78O4. The van der Waals surface area contributed by atoms with E-state index in [1.165, 1.54) is 141 Å². The minimum absolute atomic E-state index is 0.289. The first kappa shape index (κ1) is 38.0. The molecule has 4 heteroatoms. The lowest BCUT2D eigenvalue weighted by molar-refractivity contribution is -0.139. The molecule has 0 aromatic carbocycles. The Kier molecular flexibility index (Phi) is 8.92. The van der Waals surface area contributed by atoms with Gasteiger partial charge < -0.3 is 0 Å².